The lowest BCUT2D eigenvalue weighted by Gasteiger charge is -2.46. The molecule has 0 unspecified atom stereocenters. The van der Waals surface area contributed by atoms with Gasteiger partial charge in [-0.15, -0.1) is 0 Å². The lowest BCUT2D eigenvalue weighted by molar-refractivity contribution is -0.0205. The number of piperidine rings is 1. The zero-order chi connectivity index (χ0) is 17.3. The van der Waals surface area contributed by atoms with Gasteiger partial charge >= 0.3 is 0 Å². The maximum Gasteiger partial charge on any atom is 0.124 e. The van der Waals surface area contributed by atoms with Gasteiger partial charge < -0.3 is 15.0 Å². The first-order chi connectivity index (χ1) is 12.1. The number of para-hydroxylation sites is 1. The molecule has 1 fully saturated rings. The fraction of sp³-hybridized carbons (Fsp3) is 0.476. The van der Waals surface area contributed by atoms with Gasteiger partial charge in [-0.05, 0) is 45.0 Å². The Hall–Kier alpha value is -1.91. The van der Waals surface area contributed by atoms with E-state index >= 15 is 0 Å². The number of pyridine rings is 1. The lowest BCUT2D eigenvalue weighted by atomic mass is 9.80. The molecule has 0 saturated carbocycles. The lowest BCUT2D eigenvalue weighted by Crippen LogP contribution is -2.51. The van der Waals surface area contributed by atoms with E-state index in [2.05, 4.69) is 58.6 Å². The molecule has 1 aromatic carbocycles. The highest BCUT2D eigenvalue weighted by molar-refractivity contribution is 5.39. The number of nitrogens with zero attached hydrogens (tertiary/aromatic N) is 2. The van der Waals surface area contributed by atoms with Crippen molar-refractivity contribution in [3.05, 3.63) is 59.4 Å². The van der Waals surface area contributed by atoms with Crippen molar-refractivity contribution < 1.29 is 4.74 Å². The SMILES string of the molecule is Cc1cccc(CN[C@@H]2CC3(CCN(C)CC3)Oc3ccccc32)n1. The molecule has 25 heavy (non-hydrogen) atoms. The second kappa shape index (κ2) is 6.77. The summed E-state index contributed by atoms with van der Waals surface area (Å²) < 4.78 is 6.53. The van der Waals surface area contributed by atoms with Crippen molar-refractivity contribution >= 4 is 0 Å². The molecular formula is C21H27N3O. The molecule has 0 bridgehead atoms. The summed E-state index contributed by atoms with van der Waals surface area (Å²) >= 11 is 0. The maximum atomic E-state index is 6.53. The first-order valence-corrected chi connectivity index (χ1v) is 9.26. The average molecular weight is 337 g/mol. The molecule has 4 nitrogen and oxygen atoms in total. The van der Waals surface area contributed by atoms with E-state index in [1.165, 1.54) is 5.56 Å². The molecule has 2 aromatic rings. The summed E-state index contributed by atoms with van der Waals surface area (Å²) in [5.41, 5.74) is 3.41. The van der Waals surface area contributed by atoms with Crippen LogP contribution in [0.4, 0.5) is 0 Å². The molecular weight excluding hydrogens is 310 g/mol. The van der Waals surface area contributed by atoms with Gasteiger partial charge in [0, 0.05) is 43.4 Å². The van der Waals surface area contributed by atoms with E-state index in [1.54, 1.807) is 0 Å². The van der Waals surface area contributed by atoms with Crippen LogP contribution in [0.25, 0.3) is 0 Å². The molecule has 3 heterocycles. The van der Waals surface area contributed by atoms with Crippen molar-refractivity contribution in [1.29, 1.82) is 0 Å². The van der Waals surface area contributed by atoms with Gasteiger partial charge in [-0.1, -0.05) is 24.3 Å². The Labute approximate surface area is 150 Å². The molecule has 0 radical (unpaired) electrons. The molecule has 4 rings (SSSR count). The zero-order valence-corrected chi connectivity index (χ0v) is 15.2. The molecule has 1 saturated heterocycles. The first-order valence-electron chi connectivity index (χ1n) is 9.26. The molecule has 2 aliphatic heterocycles. The van der Waals surface area contributed by atoms with Gasteiger partial charge in [0.1, 0.15) is 11.4 Å². The summed E-state index contributed by atoms with van der Waals surface area (Å²) in [6.07, 6.45) is 3.22. The number of hydrogen-bond donors (Lipinski definition) is 1. The number of likely N-dealkylation sites (tertiary alicyclic amines) is 1. The third-order valence-corrected chi connectivity index (χ3v) is 5.57. The van der Waals surface area contributed by atoms with Crippen molar-refractivity contribution in [3.8, 4) is 5.75 Å². The first kappa shape index (κ1) is 16.6. The Morgan fingerprint density at radius 1 is 1.16 bits per heavy atom. The van der Waals surface area contributed by atoms with E-state index in [1.807, 2.05) is 13.0 Å². The van der Waals surface area contributed by atoms with Gasteiger partial charge in [0.15, 0.2) is 0 Å². The number of nitrogens with one attached hydrogen (secondary N) is 1. The normalized spacial score (nSPS) is 22.4. The van der Waals surface area contributed by atoms with Crippen molar-refractivity contribution in [2.24, 2.45) is 0 Å². The standard InChI is InChI=1S/C21H27N3O/c1-16-6-5-7-17(23-16)15-22-19-14-21(10-12-24(2)13-11-21)25-20-9-4-3-8-18(19)20/h3-9,19,22H,10-15H2,1-2H3/t19-/m1/s1. The van der Waals surface area contributed by atoms with Gasteiger partial charge in [0.25, 0.3) is 0 Å². The molecule has 1 aromatic heterocycles. The van der Waals surface area contributed by atoms with Crippen molar-refractivity contribution in [3.63, 3.8) is 0 Å². The Kier molecular flexibility index (Phi) is 4.48. The summed E-state index contributed by atoms with van der Waals surface area (Å²) in [6.45, 7) is 5.04. The maximum absolute atomic E-state index is 6.53. The highest BCUT2D eigenvalue weighted by atomic mass is 16.5. The number of hydrogen-bond acceptors (Lipinski definition) is 4. The van der Waals surface area contributed by atoms with Crippen LogP contribution in [0.15, 0.2) is 42.5 Å². The second-order valence-electron chi connectivity index (χ2n) is 7.53. The quantitative estimate of drug-likeness (QED) is 0.931. The van der Waals surface area contributed by atoms with Gasteiger partial charge in [0.05, 0.1) is 5.69 Å². The van der Waals surface area contributed by atoms with Crippen LogP contribution in [0.5, 0.6) is 5.75 Å². The Bertz CT molecular complexity index is 737. The van der Waals surface area contributed by atoms with E-state index < -0.39 is 0 Å². The van der Waals surface area contributed by atoms with Crippen LogP contribution in [-0.4, -0.2) is 35.6 Å². The van der Waals surface area contributed by atoms with Crippen LogP contribution in [-0.2, 0) is 6.54 Å². The van der Waals surface area contributed by atoms with E-state index in [4.69, 9.17) is 4.74 Å². The topological polar surface area (TPSA) is 37.4 Å². The average Bonchev–Trinajstić information content (AvgIpc) is 2.62. The number of aromatic nitrogens is 1. The van der Waals surface area contributed by atoms with Gasteiger partial charge in [0.2, 0.25) is 0 Å². The van der Waals surface area contributed by atoms with Crippen LogP contribution >= 0.6 is 0 Å². The van der Waals surface area contributed by atoms with Crippen molar-refractivity contribution in [1.82, 2.24) is 15.2 Å². The Balaban J connectivity index is 1.55. The smallest absolute Gasteiger partial charge is 0.124 e. The number of rotatable bonds is 3. The van der Waals surface area contributed by atoms with Crippen LogP contribution in [0, 0.1) is 6.92 Å². The fourth-order valence-corrected chi connectivity index (χ4v) is 4.06. The summed E-state index contributed by atoms with van der Waals surface area (Å²) in [7, 11) is 2.20. The largest absolute Gasteiger partial charge is 0.487 e. The molecule has 0 amide bonds. The zero-order valence-electron chi connectivity index (χ0n) is 15.2. The molecule has 1 spiro atoms. The van der Waals surface area contributed by atoms with E-state index in [-0.39, 0.29) is 5.60 Å². The van der Waals surface area contributed by atoms with E-state index in [9.17, 15) is 0 Å². The third-order valence-electron chi connectivity index (χ3n) is 5.57. The molecule has 1 atom stereocenters. The molecule has 2 aliphatic rings. The number of aryl methyl sites for hydroxylation is 1. The minimum absolute atomic E-state index is 0.0292. The third kappa shape index (κ3) is 3.55. The van der Waals surface area contributed by atoms with Crippen LogP contribution in [0.1, 0.15) is 42.3 Å². The minimum atomic E-state index is -0.0292. The van der Waals surface area contributed by atoms with Crippen molar-refractivity contribution in [2.45, 2.75) is 44.4 Å². The van der Waals surface area contributed by atoms with Gasteiger partial charge in [-0.3, -0.25) is 4.98 Å². The Morgan fingerprint density at radius 2 is 1.96 bits per heavy atom. The number of fused-ring (bicyclic) bond motifs is 1. The van der Waals surface area contributed by atoms with Gasteiger partial charge in [-0.2, -0.15) is 0 Å². The van der Waals surface area contributed by atoms with Crippen LogP contribution in [0.2, 0.25) is 0 Å². The van der Waals surface area contributed by atoms with E-state index in [0.717, 1.165) is 56.0 Å². The predicted octanol–water partition coefficient (Wildman–Crippen LogP) is 3.47. The van der Waals surface area contributed by atoms with Crippen LogP contribution < -0.4 is 10.1 Å². The Morgan fingerprint density at radius 3 is 2.76 bits per heavy atom. The van der Waals surface area contributed by atoms with Gasteiger partial charge in [-0.25, -0.2) is 0 Å². The van der Waals surface area contributed by atoms with Crippen LogP contribution in [0.3, 0.4) is 0 Å². The summed E-state index contributed by atoms with van der Waals surface area (Å²) in [5, 5.41) is 3.75. The number of ether oxygens (including phenoxy) is 1. The summed E-state index contributed by atoms with van der Waals surface area (Å²) in [5.74, 6) is 1.05. The highest BCUT2D eigenvalue weighted by Gasteiger charge is 2.42. The summed E-state index contributed by atoms with van der Waals surface area (Å²) in [6, 6.07) is 15.0. The van der Waals surface area contributed by atoms with E-state index in [0.29, 0.717) is 6.04 Å². The van der Waals surface area contributed by atoms with Crippen molar-refractivity contribution in [2.75, 3.05) is 20.1 Å². The predicted molar refractivity (Wildman–Crippen MR) is 99.7 cm³/mol. The molecule has 1 N–H and O–H groups in total. The monoisotopic (exact) mass is 337 g/mol. The molecule has 0 aliphatic carbocycles. The highest BCUT2D eigenvalue weighted by Crippen LogP contribution is 2.44. The second-order valence-corrected chi connectivity index (χ2v) is 7.53. The molecule has 4 heteroatoms. The number of benzene rings is 1. The fourth-order valence-electron chi connectivity index (χ4n) is 4.06. The summed E-state index contributed by atoms with van der Waals surface area (Å²) in [4.78, 5) is 7.02. The minimum Gasteiger partial charge on any atom is -0.487 e. The molecule has 132 valence electrons.